The first-order valence-corrected chi connectivity index (χ1v) is 11.2. The van der Waals surface area contributed by atoms with Crippen LogP contribution < -0.4 is 4.74 Å². The molecule has 1 saturated heterocycles. The van der Waals surface area contributed by atoms with Crippen molar-refractivity contribution in [2.24, 2.45) is 5.92 Å². The Kier molecular flexibility index (Phi) is 8.04. The van der Waals surface area contributed by atoms with Crippen molar-refractivity contribution in [1.29, 1.82) is 0 Å². The van der Waals surface area contributed by atoms with Gasteiger partial charge in [-0.25, -0.2) is 9.78 Å². The molecule has 1 aromatic heterocycles. The molecule has 1 amide bonds. The number of nitrogens with zero attached hydrogens (tertiary/aromatic N) is 2. The number of pyridine rings is 1. The number of amides is 1. The molecule has 31 heavy (non-hydrogen) atoms. The molecule has 0 aliphatic carbocycles. The molecule has 1 aliphatic heterocycles. The van der Waals surface area contributed by atoms with E-state index in [9.17, 15) is 9.59 Å². The van der Waals surface area contributed by atoms with Crippen molar-refractivity contribution < 1.29 is 19.1 Å². The normalized spacial score (nSPS) is 14.4. The predicted octanol–water partition coefficient (Wildman–Crippen LogP) is 4.45. The third kappa shape index (κ3) is 6.06. The van der Waals surface area contributed by atoms with E-state index in [0.717, 1.165) is 44.5 Å². The molecular weight excluding hydrogens is 392 g/mol. The van der Waals surface area contributed by atoms with Gasteiger partial charge in [0.25, 0.3) is 5.91 Å². The molecule has 2 heterocycles. The number of carbonyl (C=O) groups is 2. The number of carbonyl (C=O) groups excluding carboxylic acids is 2. The maximum Gasteiger partial charge on any atom is 0.339 e. The summed E-state index contributed by atoms with van der Waals surface area (Å²) >= 11 is 0. The van der Waals surface area contributed by atoms with Crippen molar-refractivity contribution in [1.82, 2.24) is 9.88 Å². The highest BCUT2D eigenvalue weighted by Gasteiger charge is 2.25. The van der Waals surface area contributed by atoms with Crippen LogP contribution in [0.1, 0.15) is 65.2 Å². The number of benzene rings is 1. The number of hydrogen-bond donors (Lipinski definition) is 0. The van der Waals surface area contributed by atoms with Crippen LogP contribution in [0.2, 0.25) is 0 Å². The summed E-state index contributed by atoms with van der Waals surface area (Å²) in [6, 6.07) is 11.6. The van der Waals surface area contributed by atoms with E-state index in [0.29, 0.717) is 36.1 Å². The van der Waals surface area contributed by atoms with Gasteiger partial charge >= 0.3 is 5.97 Å². The van der Waals surface area contributed by atoms with Crippen LogP contribution in [0, 0.1) is 12.8 Å². The van der Waals surface area contributed by atoms with Gasteiger partial charge in [0.2, 0.25) is 0 Å². The number of ether oxygens (including phenoxy) is 2. The lowest BCUT2D eigenvalue weighted by Crippen LogP contribution is -2.39. The minimum absolute atomic E-state index is 0.0662. The minimum atomic E-state index is -0.403. The second kappa shape index (κ2) is 10.9. The van der Waals surface area contributed by atoms with E-state index >= 15 is 0 Å². The first kappa shape index (κ1) is 22.8. The molecule has 6 nitrogen and oxygen atoms in total. The van der Waals surface area contributed by atoms with Crippen LogP contribution in [0.3, 0.4) is 0 Å². The first-order valence-electron chi connectivity index (χ1n) is 11.2. The number of rotatable bonds is 8. The zero-order valence-corrected chi connectivity index (χ0v) is 18.7. The molecule has 6 heteroatoms. The Bertz CT molecular complexity index is 887. The van der Waals surface area contributed by atoms with Gasteiger partial charge in [0.1, 0.15) is 11.4 Å². The molecule has 1 aromatic carbocycles. The Hall–Kier alpha value is -2.89. The number of hydrogen-bond acceptors (Lipinski definition) is 5. The van der Waals surface area contributed by atoms with Crippen molar-refractivity contribution in [3.63, 3.8) is 0 Å². The number of esters is 1. The Balaban J connectivity index is 1.49. The van der Waals surface area contributed by atoms with Crippen LogP contribution in [0.15, 0.2) is 36.4 Å². The SMILES string of the molecule is CCOC(=O)c1ccc(C(=O)N2CCC(CCc3ccc(OCC)cc3)CC2)nc1C. The van der Waals surface area contributed by atoms with Gasteiger partial charge in [0.15, 0.2) is 0 Å². The lowest BCUT2D eigenvalue weighted by atomic mass is 9.90. The molecule has 3 rings (SSSR count). The second-order valence-electron chi connectivity index (χ2n) is 7.90. The zero-order chi connectivity index (χ0) is 22.2. The van der Waals surface area contributed by atoms with E-state index < -0.39 is 5.97 Å². The summed E-state index contributed by atoms with van der Waals surface area (Å²) in [5.41, 5.74) is 2.64. The molecule has 0 unspecified atom stereocenters. The van der Waals surface area contributed by atoms with E-state index in [-0.39, 0.29) is 5.91 Å². The zero-order valence-electron chi connectivity index (χ0n) is 18.7. The maximum atomic E-state index is 12.9. The average Bonchev–Trinajstić information content (AvgIpc) is 2.79. The van der Waals surface area contributed by atoms with Gasteiger partial charge in [-0.2, -0.15) is 0 Å². The molecule has 0 atom stereocenters. The number of likely N-dealkylation sites (tertiary alicyclic amines) is 1. The molecular formula is C25H32N2O4. The molecule has 0 radical (unpaired) electrons. The van der Waals surface area contributed by atoms with E-state index in [4.69, 9.17) is 9.47 Å². The molecule has 0 bridgehead atoms. The van der Waals surface area contributed by atoms with E-state index in [1.807, 2.05) is 24.0 Å². The standard InChI is InChI=1S/C25H32N2O4/c1-4-30-21-10-8-19(9-11-21)6-7-20-14-16-27(17-15-20)24(28)23-13-12-22(18(3)26-23)25(29)31-5-2/h8-13,20H,4-7,14-17H2,1-3H3. The molecule has 2 aromatic rings. The van der Waals surface area contributed by atoms with E-state index in [1.54, 1.807) is 26.0 Å². The summed E-state index contributed by atoms with van der Waals surface area (Å²) in [5, 5.41) is 0. The maximum absolute atomic E-state index is 12.9. The summed E-state index contributed by atoms with van der Waals surface area (Å²) in [6.45, 7) is 7.96. The Morgan fingerprint density at radius 3 is 2.35 bits per heavy atom. The third-order valence-electron chi connectivity index (χ3n) is 5.78. The van der Waals surface area contributed by atoms with Gasteiger partial charge < -0.3 is 14.4 Å². The highest BCUT2D eigenvalue weighted by molar-refractivity contribution is 5.95. The topological polar surface area (TPSA) is 68.7 Å². The van der Waals surface area contributed by atoms with Crippen LogP contribution in [0.5, 0.6) is 5.75 Å². The summed E-state index contributed by atoms with van der Waals surface area (Å²) < 4.78 is 10.5. The molecule has 0 saturated carbocycles. The van der Waals surface area contributed by atoms with Crippen molar-refractivity contribution >= 4 is 11.9 Å². The van der Waals surface area contributed by atoms with Crippen LogP contribution in [0.25, 0.3) is 0 Å². The fourth-order valence-electron chi connectivity index (χ4n) is 3.98. The fourth-order valence-corrected chi connectivity index (χ4v) is 3.98. The molecule has 1 fully saturated rings. The fraction of sp³-hybridized carbons (Fsp3) is 0.480. The van der Waals surface area contributed by atoms with Crippen molar-refractivity contribution in [3.8, 4) is 5.75 Å². The van der Waals surface area contributed by atoms with Gasteiger partial charge in [-0.3, -0.25) is 4.79 Å². The van der Waals surface area contributed by atoms with Crippen molar-refractivity contribution in [3.05, 3.63) is 58.9 Å². The lowest BCUT2D eigenvalue weighted by molar-refractivity contribution is 0.0523. The summed E-state index contributed by atoms with van der Waals surface area (Å²) in [7, 11) is 0. The van der Waals surface area contributed by atoms with Crippen LogP contribution in [-0.4, -0.2) is 48.1 Å². The third-order valence-corrected chi connectivity index (χ3v) is 5.78. The van der Waals surface area contributed by atoms with Gasteiger partial charge in [0, 0.05) is 13.1 Å². The van der Waals surface area contributed by atoms with Gasteiger partial charge in [-0.15, -0.1) is 0 Å². The molecule has 166 valence electrons. The first-order chi connectivity index (χ1) is 15.0. The van der Waals surface area contributed by atoms with Gasteiger partial charge in [0.05, 0.1) is 24.5 Å². The average molecular weight is 425 g/mol. The summed E-state index contributed by atoms with van der Waals surface area (Å²) in [6.07, 6.45) is 4.17. The predicted molar refractivity (Wildman–Crippen MR) is 119 cm³/mol. The highest BCUT2D eigenvalue weighted by atomic mass is 16.5. The monoisotopic (exact) mass is 424 g/mol. The second-order valence-corrected chi connectivity index (χ2v) is 7.90. The number of piperidine rings is 1. The van der Waals surface area contributed by atoms with Crippen molar-refractivity contribution in [2.45, 2.75) is 46.5 Å². The van der Waals surface area contributed by atoms with E-state index in [1.165, 1.54) is 5.56 Å². The number of aryl methyl sites for hydroxylation is 2. The Labute approximate surface area is 184 Å². The summed E-state index contributed by atoms with van der Waals surface area (Å²) in [5.74, 6) is 1.07. The minimum Gasteiger partial charge on any atom is -0.494 e. The van der Waals surface area contributed by atoms with Crippen LogP contribution >= 0.6 is 0 Å². The van der Waals surface area contributed by atoms with Gasteiger partial charge in [-0.1, -0.05) is 12.1 Å². The van der Waals surface area contributed by atoms with Crippen LogP contribution in [0.4, 0.5) is 0 Å². The number of aromatic nitrogens is 1. The largest absolute Gasteiger partial charge is 0.494 e. The van der Waals surface area contributed by atoms with E-state index in [2.05, 4.69) is 17.1 Å². The molecule has 0 N–H and O–H groups in total. The Morgan fingerprint density at radius 2 is 1.74 bits per heavy atom. The van der Waals surface area contributed by atoms with Crippen molar-refractivity contribution in [2.75, 3.05) is 26.3 Å². The highest BCUT2D eigenvalue weighted by Crippen LogP contribution is 2.24. The lowest BCUT2D eigenvalue weighted by Gasteiger charge is -2.32. The molecule has 0 spiro atoms. The quantitative estimate of drug-likeness (QED) is 0.586. The summed E-state index contributed by atoms with van der Waals surface area (Å²) in [4.78, 5) is 31.0. The van der Waals surface area contributed by atoms with Crippen LogP contribution in [-0.2, 0) is 11.2 Å². The molecule has 1 aliphatic rings. The smallest absolute Gasteiger partial charge is 0.339 e. The van der Waals surface area contributed by atoms with Gasteiger partial charge in [-0.05, 0) is 82.2 Å². The Morgan fingerprint density at radius 1 is 1.03 bits per heavy atom.